The number of rotatable bonds is 4. The summed E-state index contributed by atoms with van der Waals surface area (Å²) in [4.78, 5) is 0.0834. The van der Waals surface area contributed by atoms with Crippen LogP contribution in [0.3, 0.4) is 0 Å². The van der Waals surface area contributed by atoms with Crippen LogP contribution in [0.2, 0.25) is 0 Å². The first-order chi connectivity index (χ1) is 8.90. The van der Waals surface area contributed by atoms with Gasteiger partial charge < -0.3 is 0 Å². The van der Waals surface area contributed by atoms with Crippen LogP contribution in [-0.2, 0) is 16.6 Å². The van der Waals surface area contributed by atoms with Crippen LogP contribution in [0.15, 0.2) is 33.8 Å². The van der Waals surface area contributed by atoms with Crippen molar-refractivity contribution in [3.05, 3.63) is 45.9 Å². The van der Waals surface area contributed by atoms with Gasteiger partial charge >= 0.3 is 0 Å². The molecule has 8 heteroatoms. The Labute approximate surface area is 118 Å². The number of nitrogens with zero attached hydrogens (tertiary/aromatic N) is 1. The number of H-pyrrole nitrogens is 1. The summed E-state index contributed by atoms with van der Waals surface area (Å²) in [6, 6.07) is 4.10. The van der Waals surface area contributed by atoms with Gasteiger partial charge in [-0.3, -0.25) is 5.10 Å². The van der Waals surface area contributed by atoms with Gasteiger partial charge in [-0.15, -0.1) is 0 Å². The van der Waals surface area contributed by atoms with E-state index in [1.165, 1.54) is 24.4 Å². The van der Waals surface area contributed by atoms with E-state index in [1.54, 1.807) is 6.92 Å². The van der Waals surface area contributed by atoms with E-state index in [0.717, 1.165) is 0 Å². The van der Waals surface area contributed by atoms with E-state index in [0.29, 0.717) is 15.7 Å². The number of aryl methyl sites for hydroxylation is 1. The number of aromatic amines is 1. The highest BCUT2D eigenvalue weighted by molar-refractivity contribution is 9.10. The lowest BCUT2D eigenvalue weighted by atomic mass is 10.2. The van der Waals surface area contributed by atoms with E-state index in [1.807, 2.05) is 0 Å². The molecule has 1 heterocycles. The van der Waals surface area contributed by atoms with Gasteiger partial charge in [-0.25, -0.2) is 17.5 Å². The Morgan fingerprint density at radius 2 is 2.21 bits per heavy atom. The summed E-state index contributed by atoms with van der Waals surface area (Å²) in [6.07, 6.45) is 1.23. The Bertz CT molecular complexity index is 700. The monoisotopic (exact) mass is 347 g/mol. The fourth-order valence-corrected chi connectivity index (χ4v) is 3.07. The van der Waals surface area contributed by atoms with Gasteiger partial charge in [-0.1, -0.05) is 15.9 Å². The van der Waals surface area contributed by atoms with Crippen LogP contribution in [-0.4, -0.2) is 18.6 Å². The van der Waals surface area contributed by atoms with Gasteiger partial charge in [0.2, 0.25) is 10.0 Å². The fraction of sp³-hybridized carbons (Fsp3) is 0.182. The minimum Gasteiger partial charge on any atom is -0.281 e. The summed E-state index contributed by atoms with van der Waals surface area (Å²) >= 11 is 3.24. The Kier molecular flexibility index (Phi) is 4.02. The summed E-state index contributed by atoms with van der Waals surface area (Å²) in [6.45, 7) is 1.60. The fourth-order valence-electron chi connectivity index (χ4n) is 1.54. The molecule has 2 rings (SSSR count). The molecule has 0 radical (unpaired) electrons. The molecule has 0 aliphatic carbocycles. The molecule has 19 heavy (non-hydrogen) atoms. The zero-order valence-electron chi connectivity index (χ0n) is 9.94. The minimum absolute atomic E-state index is 0.00863. The second kappa shape index (κ2) is 5.40. The Morgan fingerprint density at radius 1 is 1.47 bits per heavy atom. The standard InChI is InChI=1S/C11H11BrFN3O2S/c1-7-11(6-14-16-7)19(17,18)15-5-8-4-9(13)2-3-10(8)12/h2-4,6,15H,5H2,1H3,(H,14,16). The molecular weight excluding hydrogens is 337 g/mol. The molecule has 102 valence electrons. The van der Waals surface area contributed by atoms with Gasteiger partial charge in [0.15, 0.2) is 0 Å². The highest BCUT2D eigenvalue weighted by Gasteiger charge is 2.18. The second-order valence-electron chi connectivity index (χ2n) is 3.92. The normalized spacial score (nSPS) is 11.7. The van der Waals surface area contributed by atoms with Crippen molar-refractivity contribution in [3.63, 3.8) is 0 Å². The van der Waals surface area contributed by atoms with Crippen molar-refractivity contribution >= 4 is 26.0 Å². The lowest BCUT2D eigenvalue weighted by Crippen LogP contribution is -2.23. The van der Waals surface area contributed by atoms with Crippen molar-refractivity contribution in [1.82, 2.24) is 14.9 Å². The third kappa shape index (κ3) is 3.20. The van der Waals surface area contributed by atoms with E-state index < -0.39 is 15.8 Å². The maximum Gasteiger partial charge on any atom is 0.244 e. The molecule has 0 aliphatic heterocycles. The average Bonchev–Trinajstić information content (AvgIpc) is 2.78. The SMILES string of the molecule is Cc1[nH]ncc1S(=O)(=O)NCc1cc(F)ccc1Br. The van der Waals surface area contributed by atoms with Crippen molar-refractivity contribution < 1.29 is 12.8 Å². The lowest BCUT2D eigenvalue weighted by molar-refractivity contribution is 0.579. The topological polar surface area (TPSA) is 74.8 Å². The minimum atomic E-state index is -3.66. The van der Waals surface area contributed by atoms with Crippen molar-refractivity contribution in [2.24, 2.45) is 0 Å². The number of aromatic nitrogens is 2. The van der Waals surface area contributed by atoms with E-state index >= 15 is 0 Å². The Hall–Kier alpha value is -1.25. The van der Waals surface area contributed by atoms with Gasteiger partial charge in [0.25, 0.3) is 0 Å². The van der Waals surface area contributed by atoms with E-state index in [2.05, 4.69) is 30.8 Å². The smallest absolute Gasteiger partial charge is 0.244 e. The average molecular weight is 348 g/mol. The van der Waals surface area contributed by atoms with Crippen molar-refractivity contribution in [3.8, 4) is 0 Å². The Morgan fingerprint density at radius 3 is 2.84 bits per heavy atom. The number of hydrogen-bond acceptors (Lipinski definition) is 3. The molecule has 0 saturated carbocycles. The maximum atomic E-state index is 13.1. The van der Waals surface area contributed by atoms with E-state index in [4.69, 9.17) is 0 Å². The largest absolute Gasteiger partial charge is 0.281 e. The van der Waals surface area contributed by atoms with Crippen LogP contribution < -0.4 is 4.72 Å². The Balaban J connectivity index is 2.19. The quantitative estimate of drug-likeness (QED) is 0.889. The molecule has 0 spiro atoms. The molecule has 0 unspecified atom stereocenters. The second-order valence-corrected chi connectivity index (χ2v) is 6.51. The summed E-state index contributed by atoms with van der Waals surface area (Å²) in [5, 5.41) is 6.22. The van der Waals surface area contributed by atoms with Crippen molar-refractivity contribution in [2.45, 2.75) is 18.4 Å². The van der Waals surface area contributed by atoms with E-state index in [-0.39, 0.29) is 11.4 Å². The third-order valence-electron chi connectivity index (χ3n) is 2.53. The molecule has 1 aromatic heterocycles. The van der Waals surface area contributed by atoms with Gasteiger partial charge in [0, 0.05) is 11.0 Å². The number of sulfonamides is 1. The van der Waals surface area contributed by atoms with Crippen LogP contribution in [0, 0.1) is 12.7 Å². The van der Waals surface area contributed by atoms with Gasteiger partial charge in [-0.05, 0) is 30.7 Å². The molecular formula is C11H11BrFN3O2S. The molecule has 0 bridgehead atoms. The first-order valence-electron chi connectivity index (χ1n) is 5.34. The van der Waals surface area contributed by atoms with Gasteiger partial charge in [-0.2, -0.15) is 5.10 Å². The highest BCUT2D eigenvalue weighted by Crippen LogP contribution is 2.19. The van der Waals surface area contributed by atoms with Gasteiger partial charge in [0.1, 0.15) is 10.7 Å². The predicted octanol–water partition coefficient (Wildman–Crippen LogP) is 2.10. The van der Waals surface area contributed by atoms with Crippen LogP contribution >= 0.6 is 15.9 Å². The molecule has 1 aromatic carbocycles. The zero-order chi connectivity index (χ0) is 14.0. The molecule has 0 amide bonds. The maximum absolute atomic E-state index is 13.1. The van der Waals surface area contributed by atoms with Crippen LogP contribution in [0.1, 0.15) is 11.3 Å². The molecule has 0 saturated heterocycles. The zero-order valence-corrected chi connectivity index (χ0v) is 12.3. The predicted molar refractivity (Wildman–Crippen MR) is 71.5 cm³/mol. The number of halogens is 2. The third-order valence-corrected chi connectivity index (χ3v) is 4.82. The molecule has 2 aromatic rings. The molecule has 2 N–H and O–H groups in total. The van der Waals surface area contributed by atoms with Crippen molar-refractivity contribution in [2.75, 3.05) is 0 Å². The van der Waals surface area contributed by atoms with Crippen molar-refractivity contribution in [1.29, 1.82) is 0 Å². The highest BCUT2D eigenvalue weighted by atomic mass is 79.9. The summed E-state index contributed by atoms with van der Waals surface area (Å²) < 4.78 is 40.1. The molecule has 5 nitrogen and oxygen atoms in total. The summed E-state index contributed by atoms with van der Waals surface area (Å²) in [5.41, 5.74) is 0.968. The first kappa shape index (κ1) is 14.2. The van der Waals surface area contributed by atoms with Crippen LogP contribution in [0.25, 0.3) is 0 Å². The summed E-state index contributed by atoms with van der Waals surface area (Å²) in [5.74, 6) is -0.420. The molecule has 0 atom stereocenters. The lowest BCUT2D eigenvalue weighted by Gasteiger charge is -2.07. The molecule has 0 aliphatic rings. The summed E-state index contributed by atoms with van der Waals surface area (Å²) in [7, 11) is -3.66. The number of nitrogens with one attached hydrogen (secondary N) is 2. The molecule has 0 fully saturated rings. The number of benzene rings is 1. The van der Waals surface area contributed by atoms with Crippen LogP contribution in [0.4, 0.5) is 4.39 Å². The van der Waals surface area contributed by atoms with Gasteiger partial charge in [0.05, 0.1) is 11.9 Å². The first-order valence-corrected chi connectivity index (χ1v) is 7.61. The van der Waals surface area contributed by atoms with Crippen LogP contribution in [0.5, 0.6) is 0 Å². The number of hydrogen-bond donors (Lipinski definition) is 2. The van der Waals surface area contributed by atoms with E-state index in [9.17, 15) is 12.8 Å².